The van der Waals surface area contributed by atoms with E-state index in [1.165, 1.54) is 12.8 Å². The van der Waals surface area contributed by atoms with E-state index in [1.807, 2.05) is 6.92 Å². The molecule has 20 heavy (non-hydrogen) atoms. The molecule has 1 aliphatic rings. The van der Waals surface area contributed by atoms with Crippen molar-refractivity contribution in [1.82, 2.24) is 9.97 Å². The van der Waals surface area contributed by atoms with E-state index in [0.29, 0.717) is 23.7 Å². The number of hydrogen-bond acceptors (Lipinski definition) is 3. The third kappa shape index (κ3) is 3.22. The Bertz CT molecular complexity index is 500. The van der Waals surface area contributed by atoms with E-state index in [0.717, 1.165) is 31.1 Å². The van der Waals surface area contributed by atoms with Crippen molar-refractivity contribution in [2.75, 3.05) is 0 Å². The van der Waals surface area contributed by atoms with Crippen LogP contribution in [-0.4, -0.2) is 15.1 Å². The summed E-state index contributed by atoms with van der Waals surface area (Å²) in [6.07, 6.45) is 5.88. The van der Waals surface area contributed by atoms with Crippen LogP contribution in [0.25, 0.3) is 0 Å². The second kappa shape index (κ2) is 6.42. The molecule has 0 spiro atoms. The van der Waals surface area contributed by atoms with Crippen molar-refractivity contribution >= 4 is 0 Å². The average Bonchev–Trinajstić information content (AvgIpc) is 2.42. The topological polar surface area (TPSA) is 66.0 Å². The van der Waals surface area contributed by atoms with Crippen LogP contribution in [0.1, 0.15) is 70.2 Å². The van der Waals surface area contributed by atoms with Crippen LogP contribution >= 0.6 is 0 Å². The summed E-state index contributed by atoms with van der Waals surface area (Å²) in [5.41, 5.74) is 0.257. The molecular formula is C16H26N2O2. The smallest absolute Gasteiger partial charge is 0.257 e. The summed E-state index contributed by atoms with van der Waals surface area (Å²) in [4.78, 5) is 19.1. The average molecular weight is 278 g/mol. The highest BCUT2D eigenvalue weighted by atomic mass is 16.3. The number of H-pyrrole nitrogens is 1. The van der Waals surface area contributed by atoms with Crippen molar-refractivity contribution in [2.45, 2.75) is 65.2 Å². The van der Waals surface area contributed by atoms with Gasteiger partial charge in [0, 0.05) is 5.92 Å². The molecule has 1 heterocycles. The fourth-order valence-corrected chi connectivity index (χ4v) is 3.23. The van der Waals surface area contributed by atoms with Gasteiger partial charge in [-0.05, 0) is 43.9 Å². The molecule has 112 valence electrons. The lowest BCUT2D eigenvalue weighted by molar-refractivity contribution is 0.253. The highest BCUT2D eigenvalue weighted by Crippen LogP contribution is 2.37. The van der Waals surface area contributed by atoms with E-state index >= 15 is 0 Å². The van der Waals surface area contributed by atoms with Gasteiger partial charge in [-0.15, -0.1) is 0 Å². The number of rotatable bonds is 4. The van der Waals surface area contributed by atoms with E-state index < -0.39 is 0 Å². The lowest BCUT2D eigenvalue weighted by atomic mass is 9.77. The summed E-state index contributed by atoms with van der Waals surface area (Å²) < 4.78 is 0. The second-order valence-electron chi connectivity index (χ2n) is 6.36. The molecule has 1 fully saturated rings. The fraction of sp³-hybridized carbons (Fsp3) is 0.750. The Morgan fingerprint density at radius 2 is 1.95 bits per heavy atom. The van der Waals surface area contributed by atoms with E-state index in [2.05, 4.69) is 23.8 Å². The molecule has 1 saturated carbocycles. The highest BCUT2D eigenvalue weighted by Gasteiger charge is 2.26. The fourth-order valence-electron chi connectivity index (χ4n) is 3.23. The van der Waals surface area contributed by atoms with Crippen LogP contribution in [0.2, 0.25) is 0 Å². The maximum absolute atomic E-state index is 12.0. The van der Waals surface area contributed by atoms with Crippen LogP contribution in [0, 0.1) is 11.8 Å². The Labute approximate surface area is 120 Å². The summed E-state index contributed by atoms with van der Waals surface area (Å²) in [6, 6.07) is 0. The molecule has 2 N–H and O–H groups in total. The van der Waals surface area contributed by atoms with Gasteiger partial charge in [-0.25, -0.2) is 0 Å². The van der Waals surface area contributed by atoms with Gasteiger partial charge in [0.15, 0.2) is 0 Å². The summed E-state index contributed by atoms with van der Waals surface area (Å²) >= 11 is 0. The number of nitrogens with zero attached hydrogens (tertiary/aromatic N) is 1. The molecule has 0 aliphatic heterocycles. The molecule has 0 bridgehead atoms. The van der Waals surface area contributed by atoms with Gasteiger partial charge >= 0.3 is 0 Å². The molecule has 0 atom stereocenters. The molecule has 0 unspecified atom stereocenters. The molecule has 2 rings (SSSR count). The van der Waals surface area contributed by atoms with Gasteiger partial charge in [-0.2, -0.15) is 4.98 Å². The molecule has 0 amide bonds. The minimum Gasteiger partial charge on any atom is -0.493 e. The minimum absolute atomic E-state index is 0.0726. The second-order valence-corrected chi connectivity index (χ2v) is 6.36. The Morgan fingerprint density at radius 1 is 1.30 bits per heavy atom. The number of nitrogens with one attached hydrogen (secondary N) is 1. The van der Waals surface area contributed by atoms with Crippen molar-refractivity contribution in [3.63, 3.8) is 0 Å². The third-order valence-electron chi connectivity index (χ3n) is 4.61. The number of aromatic nitrogens is 2. The van der Waals surface area contributed by atoms with Gasteiger partial charge in [-0.1, -0.05) is 27.2 Å². The zero-order chi connectivity index (χ0) is 14.7. The first-order chi connectivity index (χ1) is 9.52. The quantitative estimate of drug-likeness (QED) is 0.887. The minimum atomic E-state index is -0.166. The predicted octanol–water partition coefficient (Wildman–Crippen LogP) is 3.36. The maximum atomic E-state index is 12.0. The predicted molar refractivity (Wildman–Crippen MR) is 80.1 cm³/mol. The normalized spacial score (nSPS) is 23.2. The summed E-state index contributed by atoms with van der Waals surface area (Å²) in [5, 5.41) is 9.94. The van der Waals surface area contributed by atoms with Crippen LogP contribution in [-0.2, 0) is 6.42 Å². The Kier molecular flexibility index (Phi) is 4.84. The largest absolute Gasteiger partial charge is 0.493 e. The monoisotopic (exact) mass is 278 g/mol. The van der Waals surface area contributed by atoms with Crippen molar-refractivity contribution in [2.24, 2.45) is 11.8 Å². The van der Waals surface area contributed by atoms with Gasteiger partial charge in [0.1, 0.15) is 5.82 Å². The van der Waals surface area contributed by atoms with Gasteiger partial charge in [0.25, 0.3) is 5.56 Å². The lowest BCUT2D eigenvalue weighted by Gasteiger charge is -2.30. The van der Waals surface area contributed by atoms with Crippen molar-refractivity contribution < 1.29 is 5.11 Å². The summed E-state index contributed by atoms with van der Waals surface area (Å²) in [6.45, 7) is 6.53. The Hall–Kier alpha value is -1.32. The molecule has 1 aliphatic carbocycles. The maximum Gasteiger partial charge on any atom is 0.257 e. The molecule has 4 heteroatoms. The van der Waals surface area contributed by atoms with E-state index in [-0.39, 0.29) is 11.4 Å². The number of hydrogen-bond donors (Lipinski definition) is 2. The number of aromatic hydroxyl groups is 1. The van der Waals surface area contributed by atoms with Gasteiger partial charge in [-0.3, -0.25) is 4.79 Å². The standard InChI is InChI=1S/C16H26N2O2/c1-4-5-13-15(19)17-14(18-16(13)20)12-8-6-11(7-9-12)10(2)3/h10-12H,4-9H2,1-3H3,(H2,17,18,19,20). The molecule has 0 saturated heterocycles. The van der Waals surface area contributed by atoms with Crippen molar-refractivity contribution in [3.05, 3.63) is 21.7 Å². The van der Waals surface area contributed by atoms with Crippen LogP contribution in [0.5, 0.6) is 5.88 Å². The summed E-state index contributed by atoms with van der Waals surface area (Å²) in [7, 11) is 0. The van der Waals surface area contributed by atoms with Gasteiger partial charge < -0.3 is 10.1 Å². The van der Waals surface area contributed by atoms with Crippen molar-refractivity contribution in [3.8, 4) is 5.88 Å². The Morgan fingerprint density at radius 3 is 2.45 bits per heavy atom. The zero-order valence-corrected chi connectivity index (χ0v) is 12.8. The van der Waals surface area contributed by atoms with Crippen LogP contribution in [0.3, 0.4) is 0 Å². The van der Waals surface area contributed by atoms with Crippen molar-refractivity contribution in [1.29, 1.82) is 0 Å². The first-order valence-electron chi connectivity index (χ1n) is 7.85. The SMILES string of the molecule is CCCc1c(O)nc(C2CCC(C(C)C)CC2)[nH]c1=O. The molecule has 4 nitrogen and oxygen atoms in total. The molecule has 0 radical (unpaired) electrons. The highest BCUT2D eigenvalue weighted by molar-refractivity contribution is 5.23. The third-order valence-corrected chi connectivity index (χ3v) is 4.61. The zero-order valence-electron chi connectivity index (χ0n) is 12.8. The van der Waals surface area contributed by atoms with Gasteiger partial charge in [0.05, 0.1) is 5.56 Å². The lowest BCUT2D eigenvalue weighted by Crippen LogP contribution is -2.23. The first-order valence-corrected chi connectivity index (χ1v) is 7.85. The Balaban J connectivity index is 2.13. The molecule has 1 aromatic rings. The first kappa shape index (κ1) is 15.1. The van der Waals surface area contributed by atoms with Gasteiger partial charge in [0.2, 0.25) is 5.88 Å². The molecule has 0 aromatic carbocycles. The van der Waals surface area contributed by atoms with E-state index in [9.17, 15) is 9.90 Å². The van der Waals surface area contributed by atoms with Crippen LogP contribution < -0.4 is 5.56 Å². The van der Waals surface area contributed by atoms with E-state index in [1.54, 1.807) is 0 Å². The van der Waals surface area contributed by atoms with Crippen LogP contribution in [0.15, 0.2) is 4.79 Å². The summed E-state index contributed by atoms with van der Waals surface area (Å²) in [5.74, 6) is 2.40. The van der Waals surface area contributed by atoms with Crippen LogP contribution in [0.4, 0.5) is 0 Å². The van der Waals surface area contributed by atoms with E-state index in [4.69, 9.17) is 0 Å². The molecule has 1 aromatic heterocycles. The number of aromatic amines is 1. The molecular weight excluding hydrogens is 252 g/mol.